The van der Waals surface area contributed by atoms with Gasteiger partial charge in [-0.3, -0.25) is 9.69 Å². The molecule has 0 spiro atoms. The van der Waals surface area contributed by atoms with E-state index in [2.05, 4.69) is 22.3 Å². The number of fused-ring (bicyclic) bond motifs is 2. The van der Waals surface area contributed by atoms with Crippen LogP contribution in [0, 0.1) is 5.92 Å². The molecular weight excluding hydrogens is 372 g/mol. The van der Waals surface area contributed by atoms with Crippen molar-refractivity contribution in [1.29, 1.82) is 0 Å². The standard InChI is InChI=1S/C22H24N2O5/c25-22(9-15-1-3-18-20(7-15)28-13-26-18)23-10-17-5-6-24(12-17)11-16-2-4-19-21(8-16)29-14-27-19/h1-4,7-8,17H,5-6,9-14H2,(H,23,25). The van der Waals surface area contributed by atoms with Gasteiger partial charge >= 0.3 is 0 Å². The molecule has 0 aromatic heterocycles. The summed E-state index contributed by atoms with van der Waals surface area (Å²) in [5.74, 6) is 3.61. The van der Waals surface area contributed by atoms with Crippen LogP contribution in [0.3, 0.4) is 0 Å². The van der Waals surface area contributed by atoms with Crippen LogP contribution in [0.4, 0.5) is 0 Å². The minimum absolute atomic E-state index is 0.0399. The van der Waals surface area contributed by atoms with Crippen LogP contribution in [0.15, 0.2) is 36.4 Å². The molecule has 3 heterocycles. The van der Waals surface area contributed by atoms with Crippen molar-refractivity contribution >= 4 is 5.91 Å². The lowest BCUT2D eigenvalue weighted by Gasteiger charge is -2.16. The summed E-state index contributed by atoms with van der Waals surface area (Å²) in [6, 6.07) is 11.8. The number of amides is 1. The Kier molecular flexibility index (Phi) is 4.89. The molecule has 5 rings (SSSR count). The van der Waals surface area contributed by atoms with Gasteiger partial charge in [0, 0.05) is 19.6 Å². The molecule has 1 fully saturated rings. The number of benzene rings is 2. The van der Waals surface area contributed by atoms with E-state index >= 15 is 0 Å². The Labute approximate surface area is 169 Å². The highest BCUT2D eigenvalue weighted by Gasteiger charge is 2.24. The molecule has 1 amide bonds. The van der Waals surface area contributed by atoms with Gasteiger partial charge in [0.1, 0.15) is 0 Å². The first-order valence-electron chi connectivity index (χ1n) is 9.99. The summed E-state index contributed by atoms with van der Waals surface area (Å²) in [5, 5.41) is 3.08. The summed E-state index contributed by atoms with van der Waals surface area (Å²) in [6.07, 6.45) is 1.44. The number of rotatable bonds is 6. The molecule has 2 aromatic rings. The molecule has 0 aliphatic carbocycles. The first-order valence-corrected chi connectivity index (χ1v) is 9.99. The van der Waals surface area contributed by atoms with Crippen LogP contribution in [0.25, 0.3) is 0 Å². The monoisotopic (exact) mass is 396 g/mol. The summed E-state index contributed by atoms with van der Waals surface area (Å²) in [7, 11) is 0. The molecule has 0 radical (unpaired) electrons. The van der Waals surface area contributed by atoms with Crippen LogP contribution < -0.4 is 24.3 Å². The van der Waals surface area contributed by atoms with Crippen molar-refractivity contribution in [2.24, 2.45) is 5.92 Å². The molecule has 3 aliphatic rings. The number of carbonyl (C=O) groups is 1. The highest BCUT2D eigenvalue weighted by molar-refractivity contribution is 5.78. The van der Waals surface area contributed by atoms with E-state index in [1.807, 2.05) is 24.3 Å². The summed E-state index contributed by atoms with van der Waals surface area (Å²) in [4.78, 5) is 14.8. The Balaban J connectivity index is 1.08. The fraction of sp³-hybridized carbons (Fsp3) is 0.409. The minimum Gasteiger partial charge on any atom is -0.454 e. The number of hydrogen-bond donors (Lipinski definition) is 1. The van der Waals surface area contributed by atoms with Gasteiger partial charge in [0.15, 0.2) is 23.0 Å². The zero-order valence-electron chi connectivity index (χ0n) is 16.2. The van der Waals surface area contributed by atoms with Gasteiger partial charge in [0.2, 0.25) is 19.5 Å². The number of carbonyl (C=O) groups excluding carboxylic acids is 1. The van der Waals surface area contributed by atoms with E-state index < -0.39 is 0 Å². The highest BCUT2D eigenvalue weighted by Crippen LogP contribution is 2.34. The molecule has 1 atom stereocenters. The summed E-state index contributed by atoms with van der Waals surface area (Å²) < 4.78 is 21.5. The Morgan fingerprint density at radius 1 is 0.931 bits per heavy atom. The topological polar surface area (TPSA) is 69.3 Å². The Hall–Kier alpha value is -2.93. The molecule has 3 aliphatic heterocycles. The maximum atomic E-state index is 12.3. The minimum atomic E-state index is 0.0399. The molecule has 1 N–H and O–H groups in total. The fourth-order valence-electron chi connectivity index (χ4n) is 4.08. The van der Waals surface area contributed by atoms with Crippen LogP contribution in [-0.4, -0.2) is 44.0 Å². The lowest BCUT2D eigenvalue weighted by molar-refractivity contribution is -0.120. The van der Waals surface area contributed by atoms with Crippen LogP contribution in [0.5, 0.6) is 23.0 Å². The first kappa shape index (κ1) is 18.1. The largest absolute Gasteiger partial charge is 0.454 e. The van der Waals surface area contributed by atoms with Crippen molar-refractivity contribution in [1.82, 2.24) is 10.2 Å². The summed E-state index contributed by atoms with van der Waals surface area (Å²) in [6.45, 7) is 4.17. The predicted molar refractivity (Wildman–Crippen MR) is 105 cm³/mol. The molecule has 0 bridgehead atoms. The maximum Gasteiger partial charge on any atom is 0.231 e. The number of nitrogens with zero attached hydrogens (tertiary/aromatic N) is 1. The van der Waals surface area contributed by atoms with Crippen molar-refractivity contribution in [2.45, 2.75) is 19.4 Å². The molecular formula is C22H24N2O5. The first-order chi connectivity index (χ1) is 14.2. The lowest BCUT2D eigenvalue weighted by Crippen LogP contribution is -2.31. The second-order valence-electron chi connectivity index (χ2n) is 7.75. The third-order valence-corrected chi connectivity index (χ3v) is 5.60. The van der Waals surface area contributed by atoms with E-state index in [9.17, 15) is 4.79 Å². The molecule has 0 saturated carbocycles. The third-order valence-electron chi connectivity index (χ3n) is 5.60. The van der Waals surface area contributed by atoms with E-state index in [1.54, 1.807) is 0 Å². The second-order valence-corrected chi connectivity index (χ2v) is 7.75. The molecule has 1 unspecified atom stereocenters. The predicted octanol–water partition coefficient (Wildman–Crippen LogP) is 2.32. The Bertz CT molecular complexity index is 916. The smallest absolute Gasteiger partial charge is 0.231 e. The molecule has 7 nitrogen and oxygen atoms in total. The van der Waals surface area contributed by atoms with Crippen molar-refractivity contribution in [3.63, 3.8) is 0 Å². The number of likely N-dealkylation sites (tertiary alicyclic amines) is 1. The average molecular weight is 396 g/mol. The average Bonchev–Trinajstić information content (AvgIpc) is 3.46. The van der Waals surface area contributed by atoms with Crippen molar-refractivity contribution < 1.29 is 23.7 Å². The quantitative estimate of drug-likeness (QED) is 0.808. The lowest BCUT2D eigenvalue weighted by atomic mass is 10.1. The maximum absolute atomic E-state index is 12.3. The summed E-state index contributed by atoms with van der Waals surface area (Å²) in [5.41, 5.74) is 2.16. The van der Waals surface area contributed by atoms with Crippen molar-refractivity contribution in [3.8, 4) is 23.0 Å². The van der Waals surface area contributed by atoms with Gasteiger partial charge in [-0.05, 0) is 54.3 Å². The zero-order chi connectivity index (χ0) is 19.6. The fourth-order valence-corrected chi connectivity index (χ4v) is 4.08. The number of nitrogens with one attached hydrogen (secondary N) is 1. The van der Waals surface area contributed by atoms with Crippen molar-refractivity contribution in [2.75, 3.05) is 33.2 Å². The van der Waals surface area contributed by atoms with E-state index in [0.29, 0.717) is 31.4 Å². The van der Waals surface area contributed by atoms with Crippen LogP contribution in [-0.2, 0) is 17.8 Å². The van der Waals surface area contributed by atoms with Gasteiger partial charge in [-0.25, -0.2) is 0 Å². The SMILES string of the molecule is O=C(Cc1ccc2c(c1)OCO2)NCC1CCN(Cc2ccc3c(c2)OCO3)C1. The summed E-state index contributed by atoms with van der Waals surface area (Å²) >= 11 is 0. The van der Waals surface area contributed by atoms with E-state index in [-0.39, 0.29) is 12.7 Å². The molecule has 7 heteroatoms. The number of ether oxygens (including phenoxy) is 4. The molecule has 2 aromatic carbocycles. The Morgan fingerprint density at radius 3 is 2.34 bits per heavy atom. The van der Waals surface area contributed by atoms with Gasteiger partial charge in [0.25, 0.3) is 0 Å². The van der Waals surface area contributed by atoms with E-state index in [4.69, 9.17) is 18.9 Å². The number of hydrogen-bond acceptors (Lipinski definition) is 6. The van der Waals surface area contributed by atoms with Crippen LogP contribution >= 0.6 is 0 Å². The van der Waals surface area contributed by atoms with Crippen LogP contribution in [0.2, 0.25) is 0 Å². The van der Waals surface area contributed by atoms with Gasteiger partial charge in [-0.1, -0.05) is 12.1 Å². The van der Waals surface area contributed by atoms with Gasteiger partial charge in [-0.15, -0.1) is 0 Å². The van der Waals surface area contributed by atoms with Gasteiger partial charge in [-0.2, -0.15) is 0 Å². The van der Waals surface area contributed by atoms with E-state index in [1.165, 1.54) is 5.56 Å². The van der Waals surface area contributed by atoms with Gasteiger partial charge in [0.05, 0.1) is 6.42 Å². The Morgan fingerprint density at radius 2 is 1.59 bits per heavy atom. The zero-order valence-corrected chi connectivity index (χ0v) is 16.2. The second kappa shape index (κ2) is 7.83. The third kappa shape index (κ3) is 4.10. The normalized spacial score (nSPS) is 19.5. The molecule has 152 valence electrons. The van der Waals surface area contributed by atoms with Crippen LogP contribution in [0.1, 0.15) is 17.5 Å². The van der Waals surface area contributed by atoms with Crippen molar-refractivity contribution in [3.05, 3.63) is 47.5 Å². The van der Waals surface area contributed by atoms with Gasteiger partial charge < -0.3 is 24.3 Å². The van der Waals surface area contributed by atoms with E-state index in [0.717, 1.165) is 48.9 Å². The molecule has 1 saturated heterocycles. The molecule has 29 heavy (non-hydrogen) atoms. The highest BCUT2D eigenvalue weighted by atomic mass is 16.7.